The van der Waals surface area contributed by atoms with Crippen molar-refractivity contribution in [3.63, 3.8) is 0 Å². The van der Waals surface area contributed by atoms with Crippen LogP contribution in [0.5, 0.6) is 11.5 Å². The minimum Gasteiger partial charge on any atom is -0.457 e. The van der Waals surface area contributed by atoms with Crippen LogP contribution in [0.15, 0.2) is 42.5 Å². The average Bonchev–Trinajstić information content (AvgIpc) is 2.61. The van der Waals surface area contributed by atoms with Crippen LogP contribution in [0.4, 0.5) is 32.0 Å². The number of hydrogen-bond donors (Lipinski definition) is 0. The number of carbonyl (C=O) groups is 1. The SMILES string of the molecule is CN(Cc1cc([N+](=O)[O-])ccc1Oc1ccc(C(F)(F)F)cc1)C(=O)C(F)(F)F. The average molecular weight is 422 g/mol. The summed E-state index contributed by atoms with van der Waals surface area (Å²) >= 11 is 0. The number of benzene rings is 2. The molecule has 0 spiro atoms. The number of halogens is 6. The molecule has 0 aliphatic carbocycles. The first kappa shape index (κ1) is 22.0. The van der Waals surface area contributed by atoms with Gasteiger partial charge in [0.15, 0.2) is 0 Å². The van der Waals surface area contributed by atoms with Gasteiger partial charge in [-0.3, -0.25) is 14.9 Å². The predicted octanol–water partition coefficient (Wildman–Crippen LogP) is 4.93. The lowest BCUT2D eigenvalue weighted by atomic mass is 10.1. The van der Waals surface area contributed by atoms with Gasteiger partial charge in [0.2, 0.25) is 0 Å². The molecule has 0 aliphatic rings. The summed E-state index contributed by atoms with van der Waals surface area (Å²) in [5, 5.41) is 10.9. The first-order valence-corrected chi connectivity index (χ1v) is 7.74. The van der Waals surface area contributed by atoms with Gasteiger partial charge in [0, 0.05) is 31.3 Å². The molecule has 0 unspecified atom stereocenters. The van der Waals surface area contributed by atoms with Gasteiger partial charge >= 0.3 is 18.3 Å². The van der Waals surface area contributed by atoms with Crippen LogP contribution in [-0.4, -0.2) is 29.0 Å². The van der Waals surface area contributed by atoms with E-state index in [1.807, 2.05) is 0 Å². The van der Waals surface area contributed by atoms with Crippen molar-refractivity contribution in [2.24, 2.45) is 0 Å². The number of nitro benzene ring substituents is 1. The Morgan fingerprint density at radius 3 is 2.14 bits per heavy atom. The summed E-state index contributed by atoms with van der Waals surface area (Å²) in [6, 6.07) is 6.45. The third-order valence-corrected chi connectivity index (χ3v) is 3.66. The minimum absolute atomic E-state index is 0.0853. The van der Waals surface area contributed by atoms with E-state index in [1.54, 1.807) is 0 Å². The van der Waals surface area contributed by atoms with E-state index in [4.69, 9.17) is 4.74 Å². The Morgan fingerprint density at radius 1 is 1.07 bits per heavy atom. The quantitative estimate of drug-likeness (QED) is 0.389. The molecule has 2 rings (SSSR count). The molecule has 0 heterocycles. The van der Waals surface area contributed by atoms with Crippen molar-refractivity contribution in [3.8, 4) is 11.5 Å². The first-order chi connectivity index (χ1) is 13.3. The van der Waals surface area contributed by atoms with E-state index >= 15 is 0 Å². The van der Waals surface area contributed by atoms with Gasteiger partial charge in [-0.15, -0.1) is 0 Å². The number of nitrogens with zero attached hydrogens (tertiary/aromatic N) is 2. The number of hydrogen-bond acceptors (Lipinski definition) is 4. The molecule has 0 atom stereocenters. The second-order valence-corrected chi connectivity index (χ2v) is 5.83. The molecule has 0 fully saturated rings. The maximum absolute atomic E-state index is 12.6. The molecular formula is C17H12F6N2O4. The van der Waals surface area contributed by atoms with Gasteiger partial charge in [-0.1, -0.05) is 0 Å². The van der Waals surface area contributed by atoms with Crippen molar-refractivity contribution in [2.75, 3.05) is 7.05 Å². The lowest BCUT2D eigenvalue weighted by Crippen LogP contribution is -2.38. The lowest BCUT2D eigenvalue weighted by molar-refractivity contribution is -0.384. The third-order valence-electron chi connectivity index (χ3n) is 3.66. The highest BCUT2D eigenvalue weighted by Crippen LogP contribution is 2.33. The van der Waals surface area contributed by atoms with Crippen molar-refractivity contribution in [2.45, 2.75) is 18.9 Å². The van der Waals surface area contributed by atoms with Crippen molar-refractivity contribution in [3.05, 3.63) is 63.7 Å². The number of non-ortho nitro benzene ring substituents is 1. The Labute approximate surface area is 159 Å². The Morgan fingerprint density at radius 2 is 1.66 bits per heavy atom. The molecule has 2 aromatic rings. The maximum Gasteiger partial charge on any atom is 0.471 e. The van der Waals surface area contributed by atoms with Gasteiger partial charge in [0.25, 0.3) is 5.69 Å². The molecule has 0 aromatic heterocycles. The number of rotatable bonds is 5. The molecular weight excluding hydrogens is 410 g/mol. The second kappa shape index (κ2) is 7.97. The fourth-order valence-corrected chi connectivity index (χ4v) is 2.29. The molecule has 6 nitrogen and oxygen atoms in total. The Bertz CT molecular complexity index is 910. The van der Waals surface area contributed by atoms with Crippen LogP contribution in [0.25, 0.3) is 0 Å². The normalized spacial score (nSPS) is 11.8. The van der Waals surface area contributed by atoms with Gasteiger partial charge < -0.3 is 9.64 Å². The molecule has 0 bridgehead atoms. The molecule has 2 aromatic carbocycles. The minimum atomic E-state index is -5.15. The van der Waals surface area contributed by atoms with E-state index in [0.717, 1.165) is 49.5 Å². The maximum atomic E-state index is 12.6. The van der Waals surface area contributed by atoms with E-state index in [1.165, 1.54) is 0 Å². The van der Waals surface area contributed by atoms with Crippen molar-refractivity contribution in [1.82, 2.24) is 4.90 Å². The standard InChI is InChI=1S/C17H12F6N2O4/c1-24(15(26)17(21,22)23)9-10-8-12(25(27)28)4-7-14(10)29-13-5-2-11(3-6-13)16(18,19)20/h2-8H,9H2,1H3. The van der Waals surface area contributed by atoms with E-state index in [0.29, 0.717) is 4.90 Å². The highest BCUT2D eigenvalue weighted by atomic mass is 19.4. The topological polar surface area (TPSA) is 72.7 Å². The summed E-state index contributed by atoms with van der Waals surface area (Å²) in [6.07, 6.45) is -9.72. The Kier molecular flexibility index (Phi) is 6.04. The van der Waals surface area contributed by atoms with Gasteiger partial charge in [0.1, 0.15) is 11.5 Å². The summed E-state index contributed by atoms with van der Waals surface area (Å²) in [5.41, 5.74) is -1.55. The smallest absolute Gasteiger partial charge is 0.457 e. The molecule has 0 saturated heterocycles. The van der Waals surface area contributed by atoms with Crippen LogP contribution >= 0.6 is 0 Å². The monoisotopic (exact) mass is 422 g/mol. The van der Waals surface area contributed by atoms with E-state index in [-0.39, 0.29) is 17.1 Å². The van der Waals surface area contributed by atoms with Crippen LogP contribution in [0.1, 0.15) is 11.1 Å². The Balaban J connectivity index is 2.34. The van der Waals surface area contributed by atoms with E-state index < -0.39 is 41.0 Å². The third kappa shape index (κ3) is 5.59. The zero-order valence-electron chi connectivity index (χ0n) is 14.5. The largest absolute Gasteiger partial charge is 0.471 e. The number of alkyl halides is 6. The second-order valence-electron chi connectivity index (χ2n) is 5.83. The molecule has 0 N–H and O–H groups in total. The molecule has 0 radical (unpaired) electrons. The predicted molar refractivity (Wildman–Crippen MR) is 87.1 cm³/mol. The summed E-state index contributed by atoms with van der Waals surface area (Å²) in [5.74, 6) is -2.42. The first-order valence-electron chi connectivity index (χ1n) is 7.74. The summed E-state index contributed by atoms with van der Waals surface area (Å²) < 4.78 is 80.9. The van der Waals surface area contributed by atoms with Crippen LogP contribution in [-0.2, 0) is 17.5 Å². The van der Waals surface area contributed by atoms with Crippen molar-refractivity contribution < 1.29 is 40.8 Å². The highest BCUT2D eigenvalue weighted by Gasteiger charge is 2.41. The van der Waals surface area contributed by atoms with Crippen molar-refractivity contribution >= 4 is 11.6 Å². The van der Waals surface area contributed by atoms with Crippen molar-refractivity contribution in [1.29, 1.82) is 0 Å². The summed E-state index contributed by atoms with van der Waals surface area (Å²) in [7, 11) is 0.844. The van der Waals surface area contributed by atoms with E-state index in [2.05, 4.69) is 0 Å². The lowest BCUT2D eigenvalue weighted by Gasteiger charge is -2.20. The van der Waals surface area contributed by atoms with Crippen LogP contribution in [0.3, 0.4) is 0 Å². The summed E-state index contributed by atoms with van der Waals surface area (Å²) in [6.45, 7) is -0.685. The number of amides is 1. The molecule has 0 saturated carbocycles. The van der Waals surface area contributed by atoms with Crippen LogP contribution in [0, 0.1) is 10.1 Å². The Hall–Kier alpha value is -3.31. The fraction of sp³-hybridized carbons (Fsp3) is 0.235. The molecule has 0 aliphatic heterocycles. The fourth-order valence-electron chi connectivity index (χ4n) is 2.29. The van der Waals surface area contributed by atoms with Crippen LogP contribution in [0.2, 0.25) is 0 Å². The van der Waals surface area contributed by atoms with Gasteiger partial charge in [-0.25, -0.2) is 0 Å². The van der Waals surface area contributed by atoms with Gasteiger partial charge in [-0.05, 0) is 30.3 Å². The van der Waals surface area contributed by atoms with E-state index in [9.17, 15) is 41.3 Å². The number of nitro groups is 1. The number of carbonyl (C=O) groups excluding carboxylic acids is 1. The van der Waals surface area contributed by atoms with Gasteiger partial charge in [0.05, 0.1) is 10.5 Å². The molecule has 29 heavy (non-hydrogen) atoms. The molecule has 12 heteroatoms. The van der Waals surface area contributed by atoms with Crippen LogP contribution < -0.4 is 4.74 Å². The zero-order chi connectivity index (χ0) is 22.0. The molecule has 156 valence electrons. The number of ether oxygens (including phenoxy) is 1. The highest BCUT2D eigenvalue weighted by molar-refractivity contribution is 5.81. The molecule has 1 amide bonds. The zero-order valence-corrected chi connectivity index (χ0v) is 14.5. The summed E-state index contributed by atoms with van der Waals surface area (Å²) in [4.78, 5) is 21.7. The van der Waals surface area contributed by atoms with Gasteiger partial charge in [-0.2, -0.15) is 26.3 Å².